The number of ether oxygens (including phenoxy) is 1. The molecule has 3 aromatic rings. The van der Waals surface area contributed by atoms with E-state index < -0.39 is 5.60 Å². The predicted molar refractivity (Wildman–Crippen MR) is 132 cm³/mol. The summed E-state index contributed by atoms with van der Waals surface area (Å²) in [5, 5.41) is 12.1. The maximum atomic E-state index is 12.1. The molecule has 5 heteroatoms. The molecule has 4 unspecified atom stereocenters. The zero-order valence-electron chi connectivity index (χ0n) is 20.2. The maximum absolute atomic E-state index is 12.1. The van der Waals surface area contributed by atoms with E-state index >= 15 is 0 Å². The van der Waals surface area contributed by atoms with E-state index in [0.29, 0.717) is 11.8 Å². The predicted octanol–water partition coefficient (Wildman–Crippen LogP) is 4.36. The van der Waals surface area contributed by atoms with Gasteiger partial charge in [-0.1, -0.05) is 74.7 Å². The fourth-order valence-corrected chi connectivity index (χ4v) is 5.96. The zero-order chi connectivity index (χ0) is 23.4. The smallest absolute Gasteiger partial charge is 0.231 e. The van der Waals surface area contributed by atoms with Crippen molar-refractivity contribution in [3.63, 3.8) is 0 Å². The number of quaternary nitrogens is 1. The number of likely N-dealkylation sites (tertiary alicyclic amines) is 1. The molecule has 5 nitrogen and oxygen atoms in total. The molecule has 0 amide bonds. The highest BCUT2D eigenvalue weighted by Crippen LogP contribution is 2.43. The molecule has 180 valence electrons. The van der Waals surface area contributed by atoms with Gasteiger partial charge in [0.05, 0.1) is 18.7 Å². The lowest BCUT2D eigenvalue weighted by atomic mass is 9.73. The minimum atomic E-state index is -1.18. The van der Waals surface area contributed by atoms with Crippen molar-refractivity contribution in [1.82, 2.24) is 4.98 Å². The van der Waals surface area contributed by atoms with Gasteiger partial charge in [-0.15, -0.1) is 0 Å². The highest BCUT2D eigenvalue weighted by Gasteiger charge is 2.45. The Morgan fingerprint density at radius 1 is 1.00 bits per heavy atom. The first-order chi connectivity index (χ1) is 16.7. The molecule has 0 spiro atoms. The van der Waals surface area contributed by atoms with Gasteiger partial charge in [0.25, 0.3) is 0 Å². The largest absolute Gasteiger partial charge is 0.484 e. The molecule has 0 radical (unpaired) electrons. The Morgan fingerprint density at radius 2 is 1.71 bits per heavy atom. The number of hydrogen-bond acceptors (Lipinski definition) is 4. The Bertz CT molecular complexity index is 1030. The molecule has 4 atom stereocenters. The lowest BCUT2D eigenvalue weighted by Gasteiger charge is -2.36. The molecule has 2 aromatic carbocycles. The van der Waals surface area contributed by atoms with E-state index in [0.717, 1.165) is 68.8 Å². The van der Waals surface area contributed by atoms with E-state index in [2.05, 4.69) is 11.9 Å². The minimum absolute atomic E-state index is 0.127. The number of nitrogens with zero attached hydrogens (tertiary/aromatic N) is 1. The second-order valence-electron chi connectivity index (χ2n) is 10.1. The van der Waals surface area contributed by atoms with Crippen LogP contribution in [0.25, 0.3) is 0 Å². The minimum Gasteiger partial charge on any atom is -0.484 e. The van der Waals surface area contributed by atoms with Gasteiger partial charge < -0.3 is 19.2 Å². The van der Waals surface area contributed by atoms with Gasteiger partial charge in [-0.25, -0.2) is 4.98 Å². The number of aromatic nitrogens is 1. The Labute approximate surface area is 202 Å². The van der Waals surface area contributed by atoms with Crippen LogP contribution in [0.2, 0.25) is 0 Å². The monoisotopic (exact) mass is 461 g/mol. The van der Waals surface area contributed by atoms with Gasteiger partial charge >= 0.3 is 0 Å². The molecule has 1 aliphatic heterocycles. The van der Waals surface area contributed by atoms with Crippen molar-refractivity contribution in [2.75, 3.05) is 13.1 Å². The van der Waals surface area contributed by atoms with Crippen molar-refractivity contribution in [3.8, 4) is 5.75 Å². The standard InChI is InChI=1S/C29H36N2O3/c1-2-22-19-31(21-27(22)33-25-16-10-5-11-17-25)20-26-18-30-28(34-26)29(32,23-12-6-3-7-13-23)24-14-8-4-9-15-24/h3,5-7,10-13,16-18,22,24,27,32H,2,4,8-9,14-15,19-21H2,1H3/p+1. The van der Waals surface area contributed by atoms with Crippen molar-refractivity contribution < 1.29 is 19.2 Å². The van der Waals surface area contributed by atoms with Gasteiger partial charge in [0.1, 0.15) is 18.8 Å². The third-order valence-electron chi connectivity index (χ3n) is 7.84. The SMILES string of the molecule is CCC1C[NH+](Cc2cnc(C(O)(c3ccccc3)C3CCCCC3)o2)CC1Oc1ccccc1. The fraction of sp³-hybridized carbons (Fsp3) is 0.483. The van der Waals surface area contributed by atoms with E-state index in [4.69, 9.17) is 9.15 Å². The van der Waals surface area contributed by atoms with Gasteiger partial charge in [0.15, 0.2) is 17.5 Å². The maximum Gasteiger partial charge on any atom is 0.231 e. The molecule has 1 aromatic heterocycles. The Kier molecular flexibility index (Phi) is 7.02. The lowest BCUT2D eigenvalue weighted by molar-refractivity contribution is -0.905. The number of rotatable bonds is 8. The third kappa shape index (κ3) is 4.77. The average Bonchev–Trinajstić information content (AvgIpc) is 3.52. The summed E-state index contributed by atoms with van der Waals surface area (Å²) < 4.78 is 12.7. The first-order valence-electron chi connectivity index (χ1n) is 12.9. The van der Waals surface area contributed by atoms with Gasteiger partial charge in [0.2, 0.25) is 5.89 Å². The van der Waals surface area contributed by atoms with Crippen LogP contribution in [0.15, 0.2) is 71.3 Å². The highest BCUT2D eigenvalue weighted by molar-refractivity contribution is 5.30. The average molecular weight is 462 g/mol. The molecule has 34 heavy (non-hydrogen) atoms. The topological polar surface area (TPSA) is 59.9 Å². The summed E-state index contributed by atoms with van der Waals surface area (Å²) in [6.07, 6.45) is 8.64. The number of hydrogen-bond donors (Lipinski definition) is 2. The first-order valence-corrected chi connectivity index (χ1v) is 12.9. The third-order valence-corrected chi connectivity index (χ3v) is 7.84. The van der Waals surface area contributed by atoms with E-state index in [1.54, 1.807) is 0 Å². The molecule has 0 bridgehead atoms. The van der Waals surface area contributed by atoms with Crippen LogP contribution in [0.3, 0.4) is 0 Å². The molecule has 1 aliphatic carbocycles. The Hall–Kier alpha value is -2.63. The molecule has 1 saturated carbocycles. The van der Waals surface area contributed by atoms with Crippen LogP contribution in [0.1, 0.15) is 62.7 Å². The van der Waals surface area contributed by atoms with Crippen LogP contribution in [0.4, 0.5) is 0 Å². The number of benzene rings is 2. The molecule has 2 N–H and O–H groups in total. The van der Waals surface area contributed by atoms with E-state index in [1.807, 2.05) is 66.9 Å². The highest BCUT2D eigenvalue weighted by atomic mass is 16.5. The van der Waals surface area contributed by atoms with Crippen molar-refractivity contribution in [2.24, 2.45) is 11.8 Å². The number of nitrogens with one attached hydrogen (secondary N) is 1. The summed E-state index contributed by atoms with van der Waals surface area (Å²) in [6.45, 7) is 4.99. The Balaban J connectivity index is 1.32. The van der Waals surface area contributed by atoms with Crippen LogP contribution < -0.4 is 9.64 Å². The van der Waals surface area contributed by atoms with Crippen LogP contribution in [-0.2, 0) is 12.1 Å². The quantitative estimate of drug-likeness (QED) is 0.523. The molecular formula is C29H37N2O3+. The van der Waals surface area contributed by atoms with Crippen LogP contribution >= 0.6 is 0 Å². The summed E-state index contributed by atoms with van der Waals surface area (Å²) in [7, 11) is 0. The van der Waals surface area contributed by atoms with Crippen molar-refractivity contribution in [2.45, 2.75) is 63.7 Å². The van der Waals surface area contributed by atoms with Crippen LogP contribution in [0, 0.1) is 11.8 Å². The van der Waals surface area contributed by atoms with Gasteiger partial charge in [-0.05, 0) is 37.0 Å². The van der Waals surface area contributed by atoms with Crippen molar-refractivity contribution in [1.29, 1.82) is 0 Å². The molecular weight excluding hydrogens is 424 g/mol. The number of para-hydroxylation sites is 1. The van der Waals surface area contributed by atoms with E-state index in [1.165, 1.54) is 11.3 Å². The van der Waals surface area contributed by atoms with Crippen LogP contribution in [-0.4, -0.2) is 29.3 Å². The van der Waals surface area contributed by atoms with Gasteiger partial charge in [-0.2, -0.15) is 0 Å². The second kappa shape index (κ2) is 10.3. The summed E-state index contributed by atoms with van der Waals surface area (Å²) in [6, 6.07) is 20.1. The lowest BCUT2D eigenvalue weighted by Crippen LogP contribution is -3.09. The molecule has 2 aliphatic rings. The van der Waals surface area contributed by atoms with Crippen molar-refractivity contribution in [3.05, 3.63) is 84.1 Å². The summed E-state index contributed by atoms with van der Waals surface area (Å²) in [5.41, 5.74) is -0.295. The summed E-state index contributed by atoms with van der Waals surface area (Å²) in [4.78, 5) is 6.09. The van der Waals surface area contributed by atoms with Crippen molar-refractivity contribution >= 4 is 0 Å². The van der Waals surface area contributed by atoms with Gasteiger partial charge in [0, 0.05) is 5.92 Å². The molecule has 1 saturated heterocycles. The Morgan fingerprint density at radius 3 is 2.41 bits per heavy atom. The number of oxazole rings is 1. The van der Waals surface area contributed by atoms with Crippen LogP contribution in [0.5, 0.6) is 5.75 Å². The summed E-state index contributed by atoms with van der Waals surface area (Å²) in [5.74, 6) is 2.87. The van der Waals surface area contributed by atoms with E-state index in [-0.39, 0.29) is 12.0 Å². The molecule has 2 heterocycles. The fourth-order valence-electron chi connectivity index (χ4n) is 5.96. The zero-order valence-corrected chi connectivity index (χ0v) is 20.2. The molecule has 2 fully saturated rings. The number of aliphatic hydroxyl groups is 1. The summed E-state index contributed by atoms with van der Waals surface area (Å²) >= 11 is 0. The normalized spacial score (nSPS) is 25.2. The van der Waals surface area contributed by atoms with Gasteiger partial charge in [-0.3, -0.25) is 0 Å². The first kappa shape index (κ1) is 23.1. The molecule has 5 rings (SSSR count). The second-order valence-corrected chi connectivity index (χ2v) is 10.1. The van der Waals surface area contributed by atoms with E-state index in [9.17, 15) is 5.11 Å².